The van der Waals surface area contributed by atoms with E-state index in [1.165, 1.54) is 18.0 Å². The minimum Gasteiger partial charge on any atom is -0.384 e. The molecule has 0 saturated heterocycles. The Morgan fingerprint density at radius 2 is 2.00 bits per heavy atom. The SMILES string of the molecule is CCCS(=O)(=O)c1ccccc1SC(C)C(=O)Nc1ccc(N)nc1. The molecule has 1 heterocycles. The zero-order chi connectivity index (χ0) is 18.4. The summed E-state index contributed by atoms with van der Waals surface area (Å²) in [5, 5.41) is 2.27. The molecule has 0 fully saturated rings. The van der Waals surface area contributed by atoms with Crippen LogP contribution in [0.4, 0.5) is 11.5 Å². The van der Waals surface area contributed by atoms with Crippen LogP contribution < -0.4 is 11.1 Å². The Bertz CT molecular complexity index is 836. The molecule has 6 nitrogen and oxygen atoms in total. The average molecular weight is 380 g/mol. The van der Waals surface area contributed by atoms with Crippen molar-refractivity contribution in [3.8, 4) is 0 Å². The quantitative estimate of drug-likeness (QED) is 0.717. The summed E-state index contributed by atoms with van der Waals surface area (Å²) in [6, 6.07) is 10.0. The lowest BCUT2D eigenvalue weighted by Crippen LogP contribution is -2.22. The molecule has 1 aromatic heterocycles. The monoisotopic (exact) mass is 379 g/mol. The Kier molecular flexibility index (Phi) is 6.44. The summed E-state index contributed by atoms with van der Waals surface area (Å²) in [5.74, 6) is 0.220. The number of carbonyl (C=O) groups is 1. The number of nitrogens with zero attached hydrogens (tertiary/aromatic N) is 1. The Balaban J connectivity index is 2.13. The van der Waals surface area contributed by atoms with E-state index in [2.05, 4.69) is 10.3 Å². The Labute approximate surface area is 152 Å². The van der Waals surface area contributed by atoms with Gasteiger partial charge in [-0.2, -0.15) is 0 Å². The third-order valence-corrected chi connectivity index (χ3v) is 6.66. The first kappa shape index (κ1) is 19.3. The molecule has 1 amide bonds. The first-order chi connectivity index (χ1) is 11.8. The topological polar surface area (TPSA) is 102 Å². The van der Waals surface area contributed by atoms with Gasteiger partial charge in [0.1, 0.15) is 5.82 Å². The van der Waals surface area contributed by atoms with Crippen LogP contribution >= 0.6 is 11.8 Å². The highest BCUT2D eigenvalue weighted by Crippen LogP contribution is 2.31. The van der Waals surface area contributed by atoms with E-state index in [0.717, 1.165) is 0 Å². The van der Waals surface area contributed by atoms with Gasteiger partial charge in [-0.25, -0.2) is 13.4 Å². The van der Waals surface area contributed by atoms with Gasteiger partial charge in [-0.15, -0.1) is 11.8 Å². The second-order valence-electron chi connectivity index (χ2n) is 5.49. The first-order valence-corrected chi connectivity index (χ1v) is 10.4. The summed E-state index contributed by atoms with van der Waals surface area (Å²) >= 11 is 1.22. The van der Waals surface area contributed by atoms with E-state index in [1.54, 1.807) is 43.3 Å². The maximum atomic E-state index is 12.4. The summed E-state index contributed by atoms with van der Waals surface area (Å²) in [5.41, 5.74) is 6.06. The van der Waals surface area contributed by atoms with E-state index in [1.807, 2.05) is 6.92 Å². The maximum Gasteiger partial charge on any atom is 0.237 e. The van der Waals surface area contributed by atoms with E-state index in [0.29, 0.717) is 22.8 Å². The van der Waals surface area contributed by atoms with Gasteiger partial charge in [0.15, 0.2) is 9.84 Å². The van der Waals surface area contributed by atoms with Gasteiger partial charge in [-0.3, -0.25) is 4.79 Å². The fourth-order valence-corrected chi connectivity index (χ4v) is 4.98. The van der Waals surface area contributed by atoms with Crippen molar-refractivity contribution < 1.29 is 13.2 Å². The number of aromatic nitrogens is 1. The highest BCUT2D eigenvalue weighted by molar-refractivity contribution is 8.01. The minimum absolute atomic E-state index is 0.0856. The van der Waals surface area contributed by atoms with Crippen molar-refractivity contribution in [3.05, 3.63) is 42.6 Å². The molecule has 0 aliphatic rings. The number of amides is 1. The predicted octanol–water partition coefficient (Wildman–Crippen LogP) is 2.97. The number of rotatable bonds is 7. The van der Waals surface area contributed by atoms with Crippen LogP contribution in [0.1, 0.15) is 20.3 Å². The number of pyridine rings is 1. The van der Waals surface area contributed by atoms with E-state index in [4.69, 9.17) is 5.73 Å². The standard InChI is InChI=1S/C17H21N3O3S2/c1-3-10-25(22,23)15-7-5-4-6-14(15)24-12(2)17(21)20-13-8-9-16(18)19-11-13/h4-9,11-12H,3,10H2,1-2H3,(H2,18,19)(H,20,21). The second-order valence-corrected chi connectivity index (χ2v) is 8.95. The van der Waals surface area contributed by atoms with Gasteiger partial charge in [-0.1, -0.05) is 19.1 Å². The molecule has 25 heavy (non-hydrogen) atoms. The molecular weight excluding hydrogens is 358 g/mol. The summed E-state index contributed by atoms with van der Waals surface area (Å²) in [6.45, 7) is 3.55. The zero-order valence-electron chi connectivity index (χ0n) is 14.1. The summed E-state index contributed by atoms with van der Waals surface area (Å²) < 4.78 is 24.8. The summed E-state index contributed by atoms with van der Waals surface area (Å²) in [4.78, 5) is 17.1. The molecule has 0 aliphatic heterocycles. The predicted molar refractivity (Wildman–Crippen MR) is 101 cm³/mol. The van der Waals surface area contributed by atoms with Gasteiger partial charge in [0, 0.05) is 4.90 Å². The number of hydrogen-bond acceptors (Lipinski definition) is 6. The van der Waals surface area contributed by atoms with E-state index >= 15 is 0 Å². The highest BCUT2D eigenvalue weighted by Gasteiger charge is 2.21. The van der Waals surface area contributed by atoms with Crippen LogP contribution in [0.5, 0.6) is 0 Å². The number of hydrogen-bond donors (Lipinski definition) is 2. The number of sulfone groups is 1. The van der Waals surface area contributed by atoms with Crippen LogP contribution in [0.2, 0.25) is 0 Å². The number of benzene rings is 1. The molecule has 1 atom stereocenters. The van der Waals surface area contributed by atoms with Crippen molar-refractivity contribution in [1.82, 2.24) is 4.98 Å². The van der Waals surface area contributed by atoms with Gasteiger partial charge in [0.05, 0.1) is 27.8 Å². The average Bonchev–Trinajstić information content (AvgIpc) is 2.57. The van der Waals surface area contributed by atoms with E-state index < -0.39 is 15.1 Å². The number of thioether (sulfide) groups is 1. The van der Waals surface area contributed by atoms with Crippen LogP contribution in [0.25, 0.3) is 0 Å². The molecule has 1 aromatic carbocycles. The Morgan fingerprint density at radius 1 is 1.28 bits per heavy atom. The molecule has 1 unspecified atom stereocenters. The molecule has 2 rings (SSSR count). The van der Waals surface area contributed by atoms with Crippen LogP contribution in [0, 0.1) is 0 Å². The highest BCUT2D eigenvalue weighted by atomic mass is 32.2. The Hall–Kier alpha value is -2.06. The number of anilines is 2. The van der Waals surface area contributed by atoms with Gasteiger partial charge in [-0.05, 0) is 37.6 Å². The Morgan fingerprint density at radius 3 is 2.64 bits per heavy atom. The van der Waals surface area contributed by atoms with Crippen LogP contribution in [0.3, 0.4) is 0 Å². The fourth-order valence-electron chi connectivity index (χ4n) is 2.15. The molecule has 0 bridgehead atoms. The fraction of sp³-hybridized carbons (Fsp3) is 0.294. The molecule has 0 saturated carbocycles. The van der Waals surface area contributed by atoms with Crippen LogP contribution in [0.15, 0.2) is 52.4 Å². The number of nitrogens with two attached hydrogens (primary N) is 1. The van der Waals surface area contributed by atoms with Crippen molar-refractivity contribution in [3.63, 3.8) is 0 Å². The number of nitrogens with one attached hydrogen (secondary N) is 1. The van der Waals surface area contributed by atoms with E-state index in [-0.39, 0.29) is 16.6 Å². The van der Waals surface area contributed by atoms with Gasteiger partial charge < -0.3 is 11.1 Å². The second kappa shape index (κ2) is 8.35. The molecular formula is C17H21N3O3S2. The third-order valence-electron chi connectivity index (χ3n) is 3.38. The zero-order valence-corrected chi connectivity index (χ0v) is 15.7. The van der Waals surface area contributed by atoms with Crippen LogP contribution in [-0.4, -0.2) is 30.3 Å². The minimum atomic E-state index is -3.35. The molecule has 8 heteroatoms. The maximum absolute atomic E-state index is 12.4. The lowest BCUT2D eigenvalue weighted by atomic mass is 10.3. The van der Waals surface area contributed by atoms with Crippen molar-refractivity contribution >= 4 is 39.0 Å². The van der Waals surface area contributed by atoms with Gasteiger partial charge in [0.2, 0.25) is 5.91 Å². The summed E-state index contributed by atoms with van der Waals surface area (Å²) in [6.07, 6.45) is 2.02. The lowest BCUT2D eigenvalue weighted by molar-refractivity contribution is -0.115. The molecule has 3 N–H and O–H groups in total. The van der Waals surface area contributed by atoms with Crippen molar-refractivity contribution in [2.24, 2.45) is 0 Å². The molecule has 0 radical (unpaired) electrons. The van der Waals surface area contributed by atoms with Crippen molar-refractivity contribution in [1.29, 1.82) is 0 Å². The number of carbonyl (C=O) groups excluding carboxylic acids is 1. The smallest absolute Gasteiger partial charge is 0.237 e. The van der Waals surface area contributed by atoms with Crippen molar-refractivity contribution in [2.45, 2.75) is 35.3 Å². The third kappa shape index (κ3) is 5.20. The first-order valence-electron chi connectivity index (χ1n) is 7.84. The number of nitrogen functional groups attached to an aromatic ring is 1. The van der Waals surface area contributed by atoms with Crippen molar-refractivity contribution in [2.75, 3.05) is 16.8 Å². The molecule has 0 aliphatic carbocycles. The van der Waals surface area contributed by atoms with E-state index in [9.17, 15) is 13.2 Å². The molecule has 2 aromatic rings. The van der Waals surface area contributed by atoms with Gasteiger partial charge in [0.25, 0.3) is 0 Å². The normalized spacial score (nSPS) is 12.6. The van der Waals surface area contributed by atoms with Crippen LogP contribution in [-0.2, 0) is 14.6 Å². The largest absolute Gasteiger partial charge is 0.384 e. The molecule has 0 spiro atoms. The lowest BCUT2D eigenvalue weighted by Gasteiger charge is -2.14. The molecule has 134 valence electrons. The summed E-state index contributed by atoms with van der Waals surface area (Å²) in [7, 11) is -3.35. The van der Waals surface area contributed by atoms with Gasteiger partial charge >= 0.3 is 0 Å².